The highest BCUT2D eigenvalue weighted by Gasteiger charge is 2.18. The van der Waals surface area contributed by atoms with E-state index in [4.69, 9.17) is 4.74 Å². The highest BCUT2D eigenvalue weighted by atomic mass is 32.2. The van der Waals surface area contributed by atoms with Crippen LogP contribution in [-0.4, -0.2) is 27.6 Å². The lowest BCUT2D eigenvalue weighted by Gasteiger charge is -2.13. The topological polar surface area (TPSA) is 39.9 Å². The van der Waals surface area contributed by atoms with Crippen LogP contribution in [0.15, 0.2) is 90.1 Å². The maximum Gasteiger partial charge on any atom is 0.196 e. The number of aromatic nitrogens is 3. The van der Waals surface area contributed by atoms with Gasteiger partial charge >= 0.3 is 0 Å². The first-order valence-electron chi connectivity index (χ1n) is 9.68. The number of nitrogens with zero attached hydrogens (tertiary/aromatic N) is 3. The zero-order chi connectivity index (χ0) is 19.9. The van der Waals surface area contributed by atoms with Gasteiger partial charge in [0.05, 0.1) is 12.8 Å². The smallest absolute Gasteiger partial charge is 0.196 e. The lowest BCUT2D eigenvalue weighted by molar-refractivity contribution is 0.412. The van der Waals surface area contributed by atoms with Crippen LogP contribution >= 0.6 is 11.8 Å². The van der Waals surface area contributed by atoms with E-state index in [1.807, 2.05) is 42.5 Å². The van der Waals surface area contributed by atoms with Gasteiger partial charge in [0.2, 0.25) is 0 Å². The summed E-state index contributed by atoms with van der Waals surface area (Å²) in [5.74, 6) is 2.59. The van der Waals surface area contributed by atoms with E-state index in [2.05, 4.69) is 57.2 Å². The molecule has 0 aliphatic heterocycles. The molecular formula is C24H23N3OS. The number of hydrogen-bond acceptors (Lipinski definition) is 4. The van der Waals surface area contributed by atoms with Gasteiger partial charge in [-0.2, -0.15) is 0 Å². The van der Waals surface area contributed by atoms with Gasteiger partial charge in [-0.15, -0.1) is 10.2 Å². The minimum Gasteiger partial charge on any atom is -0.495 e. The zero-order valence-electron chi connectivity index (χ0n) is 16.4. The molecule has 0 bridgehead atoms. The summed E-state index contributed by atoms with van der Waals surface area (Å²) in [5.41, 5.74) is 3.34. The van der Waals surface area contributed by atoms with Crippen molar-refractivity contribution < 1.29 is 4.74 Å². The van der Waals surface area contributed by atoms with Crippen LogP contribution < -0.4 is 4.74 Å². The van der Waals surface area contributed by atoms with Crippen LogP contribution in [0.3, 0.4) is 0 Å². The Morgan fingerprint density at radius 2 is 1.52 bits per heavy atom. The molecule has 0 unspecified atom stereocenters. The molecule has 146 valence electrons. The zero-order valence-corrected chi connectivity index (χ0v) is 17.2. The summed E-state index contributed by atoms with van der Waals surface area (Å²) in [6, 6.07) is 28.7. The second-order valence-electron chi connectivity index (χ2n) is 6.62. The third-order valence-electron chi connectivity index (χ3n) is 4.68. The van der Waals surface area contributed by atoms with Crippen molar-refractivity contribution in [1.82, 2.24) is 14.8 Å². The summed E-state index contributed by atoms with van der Waals surface area (Å²) in [7, 11) is 1.69. The molecule has 0 fully saturated rings. The van der Waals surface area contributed by atoms with Gasteiger partial charge in [-0.25, -0.2) is 0 Å². The molecule has 0 atom stereocenters. The van der Waals surface area contributed by atoms with Gasteiger partial charge in [0, 0.05) is 11.3 Å². The fourth-order valence-electron chi connectivity index (χ4n) is 3.25. The fraction of sp³-hybridized carbons (Fsp3) is 0.167. The fourth-order valence-corrected chi connectivity index (χ4v) is 4.14. The Kier molecular flexibility index (Phi) is 6.27. The number of para-hydroxylation sites is 2. The van der Waals surface area contributed by atoms with Crippen LogP contribution in [0.2, 0.25) is 0 Å². The Balaban J connectivity index is 1.61. The molecule has 0 N–H and O–H groups in total. The summed E-state index contributed by atoms with van der Waals surface area (Å²) in [6.45, 7) is 0. The maximum atomic E-state index is 5.61. The van der Waals surface area contributed by atoms with E-state index in [0.717, 1.165) is 46.6 Å². The molecule has 5 heteroatoms. The van der Waals surface area contributed by atoms with Crippen LogP contribution in [-0.2, 0) is 6.42 Å². The average Bonchev–Trinajstić information content (AvgIpc) is 3.21. The standard InChI is InChI=1S/C24H23N3OS/c1-28-22-17-9-8-16-21(22)27-23(20-14-6-3-7-15-20)25-26-24(27)29-18-10-13-19-11-4-2-5-12-19/h2-9,11-12,14-17H,10,13,18H2,1H3. The van der Waals surface area contributed by atoms with E-state index in [0.29, 0.717) is 0 Å². The minimum atomic E-state index is 0.801. The van der Waals surface area contributed by atoms with E-state index in [1.165, 1.54) is 5.56 Å². The largest absolute Gasteiger partial charge is 0.495 e. The summed E-state index contributed by atoms with van der Waals surface area (Å²) in [5, 5.41) is 9.90. The molecule has 1 heterocycles. The normalized spacial score (nSPS) is 10.8. The van der Waals surface area contributed by atoms with Crippen molar-refractivity contribution in [1.29, 1.82) is 0 Å². The quantitative estimate of drug-likeness (QED) is 0.282. The second kappa shape index (κ2) is 9.43. The van der Waals surface area contributed by atoms with Gasteiger partial charge in [0.15, 0.2) is 11.0 Å². The third-order valence-corrected chi connectivity index (χ3v) is 5.69. The SMILES string of the molecule is COc1ccccc1-n1c(SCCCc2ccccc2)nnc1-c1ccccc1. The Morgan fingerprint density at radius 3 is 2.28 bits per heavy atom. The van der Waals surface area contributed by atoms with E-state index in [-0.39, 0.29) is 0 Å². The molecule has 0 amide bonds. The average molecular weight is 402 g/mol. The Labute approximate surface area is 175 Å². The van der Waals surface area contributed by atoms with Gasteiger partial charge in [-0.1, -0.05) is 84.6 Å². The van der Waals surface area contributed by atoms with Gasteiger partial charge < -0.3 is 4.74 Å². The number of thioether (sulfide) groups is 1. The van der Waals surface area contributed by atoms with Crippen molar-refractivity contribution in [3.8, 4) is 22.8 Å². The number of methoxy groups -OCH3 is 1. The first-order valence-corrected chi connectivity index (χ1v) is 10.7. The first kappa shape index (κ1) is 19.3. The maximum absolute atomic E-state index is 5.61. The van der Waals surface area contributed by atoms with Crippen LogP contribution in [0.1, 0.15) is 12.0 Å². The molecule has 0 aliphatic carbocycles. The first-order chi connectivity index (χ1) is 14.4. The molecule has 0 spiro atoms. The third kappa shape index (κ3) is 4.51. The second-order valence-corrected chi connectivity index (χ2v) is 7.68. The van der Waals surface area contributed by atoms with Gasteiger partial charge in [-0.3, -0.25) is 4.57 Å². The van der Waals surface area contributed by atoms with Crippen LogP contribution in [0.4, 0.5) is 0 Å². The van der Waals surface area contributed by atoms with Crippen molar-refractivity contribution in [3.63, 3.8) is 0 Å². The van der Waals surface area contributed by atoms with Crippen molar-refractivity contribution in [2.24, 2.45) is 0 Å². The van der Waals surface area contributed by atoms with E-state index < -0.39 is 0 Å². The highest BCUT2D eigenvalue weighted by molar-refractivity contribution is 7.99. The molecule has 0 saturated carbocycles. The molecule has 4 rings (SSSR count). The van der Waals surface area contributed by atoms with E-state index in [1.54, 1.807) is 18.9 Å². The number of ether oxygens (including phenoxy) is 1. The van der Waals surface area contributed by atoms with Crippen molar-refractivity contribution in [2.75, 3.05) is 12.9 Å². The number of rotatable bonds is 8. The molecule has 3 aromatic carbocycles. The van der Waals surface area contributed by atoms with Gasteiger partial charge in [-0.05, 0) is 30.5 Å². The molecule has 29 heavy (non-hydrogen) atoms. The summed E-state index contributed by atoms with van der Waals surface area (Å²) in [4.78, 5) is 0. The molecule has 0 saturated heterocycles. The van der Waals surface area contributed by atoms with Crippen LogP contribution in [0.25, 0.3) is 17.1 Å². The Hall–Kier alpha value is -3.05. The van der Waals surface area contributed by atoms with Crippen LogP contribution in [0, 0.1) is 0 Å². The summed E-state index contributed by atoms with van der Waals surface area (Å²) < 4.78 is 7.71. The minimum absolute atomic E-state index is 0.801. The van der Waals surface area contributed by atoms with Gasteiger partial charge in [0.1, 0.15) is 5.75 Å². The monoisotopic (exact) mass is 401 g/mol. The highest BCUT2D eigenvalue weighted by Crippen LogP contribution is 2.32. The van der Waals surface area contributed by atoms with E-state index >= 15 is 0 Å². The summed E-state index contributed by atoms with van der Waals surface area (Å²) >= 11 is 1.73. The Bertz CT molecular complexity index is 1050. The molecule has 0 aliphatic rings. The summed E-state index contributed by atoms with van der Waals surface area (Å²) in [6.07, 6.45) is 2.14. The molecule has 4 nitrogen and oxygen atoms in total. The number of hydrogen-bond donors (Lipinski definition) is 0. The number of benzene rings is 3. The molecule has 4 aromatic rings. The Morgan fingerprint density at radius 1 is 0.828 bits per heavy atom. The lowest BCUT2D eigenvalue weighted by Crippen LogP contribution is -2.02. The van der Waals surface area contributed by atoms with Crippen molar-refractivity contribution in [3.05, 3.63) is 90.5 Å². The predicted molar refractivity (Wildman–Crippen MR) is 119 cm³/mol. The van der Waals surface area contributed by atoms with Crippen molar-refractivity contribution >= 4 is 11.8 Å². The molecule has 0 radical (unpaired) electrons. The predicted octanol–water partition coefficient (Wildman–Crippen LogP) is 5.67. The molecular weight excluding hydrogens is 378 g/mol. The van der Waals surface area contributed by atoms with E-state index in [9.17, 15) is 0 Å². The van der Waals surface area contributed by atoms with Gasteiger partial charge in [0.25, 0.3) is 0 Å². The van der Waals surface area contributed by atoms with Crippen LogP contribution in [0.5, 0.6) is 5.75 Å². The lowest BCUT2D eigenvalue weighted by atomic mass is 10.1. The molecule has 1 aromatic heterocycles. The number of aryl methyl sites for hydroxylation is 1. The van der Waals surface area contributed by atoms with Crippen molar-refractivity contribution in [2.45, 2.75) is 18.0 Å².